The lowest BCUT2D eigenvalue weighted by molar-refractivity contribution is -0.128. The summed E-state index contributed by atoms with van der Waals surface area (Å²) >= 11 is 0. The lowest BCUT2D eigenvalue weighted by atomic mass is 9.97. The third-order valence-corrected chi connectivity index (χ3v) is 3.25. The summed E-state index contributed by atoms with van der Waals surface area (Å²) in [6.45, 7) is 3.78. The Labute approximate surface area is 109 Å². The first kappa shape index (κ1) is 13.6. The van der Waals surface area contributed by atoms with E-state index in [2.05, 4.69) is 0 Å². The van der Waals surface area contributed by atoms with Crippen molar-refractivity contribution in [2.75, 3.05) is 6.54 Å². The molecule has 0 fully saturated rings. The quantitative estimate of drug-likeness (QED) is 0.805. The van der Waals surface area contributed by atoms with E-state index in [1.54, 1.807) is 13.8 Å². The maximum absolute atomic E-state index is 13.9. The van der Waals surface area contributed by atoms with E-state index in [-0.39, 0.29) is 17.2 Å². The first-order valence-corrected chi connectivity index (χ1v) is 6.10. The second-order valence-corrected chi connectivity index (χ2v) is 4.51. The van der Waals surface area contributed by atoms with Crippen molar-refractivity contribution in [3.05, 3.63) is 40.7 Å². The van der Waals surface area contributed by atoms with E-state index in [0.29, 0.717) is 31.5 Å². The molecule has 0 radical (unpaired) electrons. The maximum Gasteiger partial charge on any atom is 0.227 e. The van der Waals surface area contributed by atoms with Crippen molar-refractivity contribution in [2.45, 2.75) is 26.7 Å². The highest BCUT2D eigenvalue weighted by molar-refractivity contribution is 5.90. The predicted octanol–water partition coefficient (Wildman–Crippen LogP) is 3.48. The molecule has 0 N–H and O–H groups in total. The zero-order valence-electron chi connectivity index (χ0n) is 10.8. The van der Waals surface area contributed by atoms with Crippen molar-refractivity contribution >= 4 is 11.6 Å². The number of halogens is 3. The molecule has 0 spiro atoms. The minimum atomic E-state index is -0.986. The summed E-state index contributed by atoms with van der Waals surface area (Å²) in [5.41, 5.74) is 0.633. The van der Waals surface area contributed by atoms with Crippen LogP contribution in [0.2, 0.25) is 0 Å². The van der Waals surface area contributed by atoms with Crippen molar-refractivity contribution in [3.8, 4) is 0 Å². The molecular weight excluding hydrogens is 255 g/mol. The zero-order chi connectivity index (χ0) is 14.2. The third-order valence-electron chi connectivity index (χ3n) is 3.25. The van der Waals surface area contributed by atoms with Crippen LogP contribution >= 0.6 is 0 Å². The Morgan fingerprint density at radius 2 is 1.74 bits per heavy atom. The predicted molar refractivity (Wildman–Crippen MR) is 65.5 cm³/mol. The number of hydrogen-bond acceptors (Lipinski definition) is 1. The molecule has 1 heterocycles. The van der Waals surface area contributed by atoms with Crippen molar-refractivity contribution in [1.29, 1.82) is 0 Å². The summed E-state index contributed by atoms with van der Waals surface area (Å²) in [5.74, 6) is -3.12. The number of nitrogens with zero attached hydrogens (tertiary/aromatic N) is 1. The van der Waals surface area contributed by atoms with E-state index in [4.69, 9.17) is 0 Å². The molecule has 1 amide bonds. The molecule has 0 aliphatic carbocycles. The maximum atomic E-state index is 13.9. The molecule has 0 saturated carbocycles. The number of benzene rings is 1. The van der Waals surface area contributed by atoms with E-state index in [9.17, 15) is 18.0 Å². The van der Waals surface area contributed by atoms with Gasteiger partial charge in [-0.1, -0.05) is 0 Å². The van der Waals surface area contributed by atoms with Crippen LogP contribution < -0.4 is 0 Å². The van der Waals surface area contributed by atoms with Gasteiger partial charge in [0.25, 0.3) is 0 Å². The van der Waals surface area contributed by atoms with Crippen LogP contribution in [0.15, 0.2) is 17.7 Å². The van der Waals surface area contributed by atoms with E-state index in [1.807, 2.05) is 0 Å². The lowest BCUT2D eigenvalue weighted by Gasteiger charge is -2.31. The Hall–Kier alpha value is -1.78. The highest BCUT2D eigenvalue weighted by atomic mass is 19.1. The summed E-state index contributed by atoms with van der Waals surface area (Å²) in [6, 6.07) is 1.26. The highest BCUT2D eigenvalue weighted by Crippen LogP contribution is 2.33. The average Bonchev–Trinajstić information content (AvgIpc) is 2.32. The van der Waals surface area contributed by atoms with Gasteiger partial charge in [0.1, 0.15) is 17.5 Å². The van der Waals surface area contributed by atoms with Gasteiger partial charge in [0.2, 0.25) is 5.91 Å². The fourth-order valence-corrected chi connectivity index (χ4v) is 2.35. The number of allylic oxidation sites excluding steroid dienone is 1. The summed E-state index contributed by atoms with van der Waals surface area (Å²) in [5, 5.41) is 0. The SMILES string of the molecule is CCN1C(=O)CCC(C)=C1c1c(F)cc(F)cc1F. The summed E-state index contributed by atoms with van der Waals surface area (Å²) in [4.78, 5) is 13.2. The van der Waals surface area contributed by atoms with Gasteiger partial charge < -0.3 is 4.90 Å². The van der Waals surface area contributed by atoms with Gasteiger partial charge >= 0.3 is 0 Å². The van der Waals surface area contributed by atoms with Gasteiger partial charge in [0, 0.05) is 25.1 Å². The van der Waals surface area contributed by atoms with E-state index < -0.39 is 17.5 Å². The zero-order valence-corrected chi connectivity index (χ0v) is 10.8. The Kier molecular flexibility index (Phi) is 3.64. The summed E-state index contributed by atoms with van der Waals surface area (Å²) in [6.07, 6.45) is 0.786. The van der Waals surface area contributed by atoms with Crippen LogP contribution in [0, 0.1) is 17.5 Å². The molecule has 1 aliphatic heterocycles. The normalized spacial score (nSPS) is 16.3. The first-order chi connectivity index (χ1) is 8.95. The van der Waals surface area contributed by atoms with Gasteiger partial charge in [-0.15, -0.1) is 0 Å². The Morgan fingerprint density at radius 3 is 2.26 bits per heavy atom. The smallest absolute Gasteiger partial charge is 0.227 e. The van der Waals surface area contributed by atoms with Crippen molar-refractivity contribution in [2.24, 2.45) is 0 Å². The number of hydrogen-bond donors (Lipinski definition) is 0. The monoisotopic (exact) mass is 269 g/mol. The molecule has 1 aromatic carbocycles. The van der Waals surface area contributed by atoms with Gasteiger partial charge in [0.15, 0.2) is 0 Å². The van der Waals surface area contributed by atoms with Crippen molar-refractivity contribution in [1.82, 2.24) is 4.90 Å². The molecule has 2 nitrogen and oxygen atoms in total. The van der Waals surface area contributed by atoms with Crippen molar-refractivity contribution in [3.63, 3.8) is 0 Å². The molecular formula is C14H14F3NO. The van der Waals surface area contributed by atoms with Crippen LogP contribution in [0.4, 0.5) is 13.2 Å². The highest BCUT2D eigenvalue weighted by Gasteiger charge is 2.28. The van der Waals surface area contributed by atoms with Crippen LogP contribution in [-0.4, -0.2) is 17.4 Å². The molecule has 1 aromatic rings. The Balaban J connectivity index is 2.65. The fraction of sp³-hybridized carbons (Fsp3) is 0.357. The molecule has 19 heavy (non-hydrogen) atoms. The van der Waals surface area contributed by atoms with Gasteiger partial charge in [-0.2, -0.15) is 0 Å². The largest absolute Gasteiger partial charge is 0.312 e. The minimum Gasteiger partial charge on any atom is -0.312 e. The first-order valence-electron chi connectivity index (χ1n) is 6.10. The molecule has 0 bridgehead atoms. The summed E-state index contributed by atoms with van der Waals surface area (Å²) < 4.78 is 40.7. The van der Waals surface area contributed by atoms with Gasteiger partial charge in [-0.3, -0.25) is 4.79 Å². The molecule has 5 heteroatoms. The number of rotatable bonds is 2. The van der Waals surface area contributed by atoms with E-state index >= 15 is 0 Å². The van der Waals surface area contributed by atoms with Crippen LogP contribution in [0.5, 0.6) is 0 Å². The van der Waals surface area contributed by atoms with Crippen LogP contribution in [0.3, 0.4) is 0 Å². The molecule has 2 rings (SSSR count). The van der Waals surface area contributed by atoms with Gasteiger partial charge in [-0.25, -0.2) is 13.2 Å². The number of carbonyl (C=O) groups excluding carboxylic acids is 1. The van der Waals surface area contributed by atoms with Gasteiger partial charge in [-0.05, 0) is 25.8 Å². The second kappa shape index (κ2) is 5.07. The fourth-order valence-electron chi connectivity index (χ4n) is 2.35. The topological polar surface area (TPSA) is 20.3 Å². The second-order valence-electron chi connectivity index (χ2n) is 4.51. The standard InChI is InChI=1S/C14H14F3NO/c1-3-18-12(19)5-4-8(2)14(18)13-10(16)6-9(15)7-11(13)17/h6-7H,3-5H2,1-2H3. The molecule has 0 saturated heterocycles. The molecule has 0 atom stereocenters. The van der Waals surface area contributed by atoms with E-state index in [1.165, 1.54) is 4.90 Å². The molecule has 0 aromatic heterocycles. The molecule has 1 aliphatic rings. The number of amides is 1. The van der Waals surface area contributed by atoms with Crippen LogP contribution in [0.25, 0.3) is 5.70 Å². The van der Waals surface area contributed by atoms with Gasteiger partial charge in [0.05, 0.1) is 11.3 Å². The average molecular weight is 269 g/mol. The Bertz CT molecular complexity index is 543. The molecule has 102 valence electrons. The summed E-state index contributed by atoms with van der Waals surface area (Å²) in [7, 11) is 0. The van der Waals surface area contributed by atoms with Crippen LogP contribution in [0.1, 0.15) is 32.3 Å². The minimum absolute atomic E-state index is 0.175. The lowest BCUT2D eigenvalue weighted by Crippen LogP contribution is -2.33. The van der Waals surface area contributed by atoms with Crippen molar-refractivity contribution < 1.29 is 18.0 Å². The number of carbonyl (C=O) groups is 1. The Morgan fingerprint density at radius 1 is 1.16 bits per heavy atom. The molecule has 0 unspecified atom stereocenters. The van der Waals surface area contributed by atoms with Crippen LogP contribution in [-0.2, 0) is 4.79 Å². The third kappa shape index (κ3) is 2.37. The van der Waals surface area contributed by atoms with E-state index in [0.717, 1.165) is 5.57 Å².